The average molecular weight is 771 g/mol. The lowest BCUT2D eigenvalue weighted by atomic mass is 10.1. The van der Waals surface area contributed by atoms with Gasteiger partial charge < -0.3 is 47.0 Å². The summed E-state index contributed by atoms with van der Waals surface area (Å²) in [6.45, 7) is 0. The minimum absolute atomic E-state index is 0.0879. The summed E-state index contributed by atoms with van der Waals surface area (Å²) in [4.78, 5) is 0. The van der Waals surface area contributed by atoms with Crippen LogP contribution in [0.2, 0.25) is 0 Å². The van der Waals surface area contributed by atoms with Crippen molar-refractivity contribution in [2.45, 2.75) is 12.4 Å². The summed E-state index contributed by atoms with van der Waals surface area (Å²) in [7, 11) is -2.73. The number of hydrogen-bond donors (Lipinski definition) is 7. The van der Waals surface area contributed by atoms with Gasteiger partial charge in [0.15, 0.2) is 40.6 Å². The third-order valence-corrected chi connectivity index (χ3v) is 6.86. The number of nitrogens with zero attached hydrogens (tertiary/aromatic N) is 2. The molecule has 1 aliphatic rings. The first-order valence-electron chi connectivity index (χ1n) is 14.3. The average Bonchev–Trinajstić information content (AvgIpc) is 3.02. The first kappa shape index (κ1) is 42.1. The van der Waals surface area contributed by atoms with E-state index < -0.39 is 50.4 Å². The molecular weight excluding hydrogens is 732 g/mol. The molecule has 2 unspecified atom stereocenters. The first-order chi connectivity index (χ1) is 24.1. The van der Waals surface area contributed by atoms with Crippen molar-refractivity contribution in [3.05, 3.63) is 83.8 Å². The molecule has 0 fully saturated rings. The highest BCUT2D eigenvalue weighted by atomic mass is 32.3. The van der Waals surface area contributed by atoms with E-state index in [2.05, 4.69) is 8.37 Å². The first-order valence-corrected chi connectivity index (χ1v) is 16.9. The van der Waals surface area contributed by atoms with E-state index in [-0.39, 0.29) is 22.8 Å². The number of phenols is 3. The van der Waals surface area contributed by atoms with Gasteiger partial charge >= 0.3 is 11.9 Å². The summed E-state index contributed by atoms with van der Waals surface area (Å²) in [6, 6.07) is 12.2. The van der Waals surface area contributed by atoms with E-state index in [1.54, 1.807) is 37.3 Å². The standard InChI is InChI=1S/C24H20O14S2.2C3H9N3/c25-17-4-3-16(13-18(17)26)23-24(37-20-5-1-14(11-19(20)27)7-9-34-39(28,29)30)38-21-6-2-15(12-22(21)36-23)8-10-35-40(31,32)33;2*1-6(2)3(4)5/h1-13,23-27H,(H,28,29,30)(H,31,32,33);2*1-2H3,(H3,4,5)/b9-7+,10-8+;;. The fraction of sp³-hybridized carbons (Fsp3) is 0.200. The molecule has 0 radical (unpaired) electrons. The molecule has 3 aromatic carbocycles. The molecule has 4 rings (SSSR count). The molecule has 1 heterocycles. The van der Waals surface area contributed by atoms with Crippen LogP contribution in [0, 0.1) is 0 Å². The Morgan fingerprint density at radius 1 is 0.692 bits per heavy atom. The van der Waals surface area contributed by atoms with Crippen molar-refractivity contribution < 1.29 is 73.0 Å². The zero-order valence-electron chi connectivity index (χ0n) is 28.0. The second kappa shape index (κ2) is 18.2. The summed E-state index contributed by atoms with van der Waals surface area (Å²) in [5.41, 5.74) is 21.1. The number of aromatic hydroxyl groups is 3. The molecule has 2 atom stereocenters. The second-order valence-corrected chi connectivity index (χ2v) is 12.6. The van der Waals surface area contributed by atoms with E-state index in [9.17, 15) is 41.3 Å². The number of guanidine groups is 2. The van der Waals surface area contributed by atoms with Crippen molar-refractivity contribution in [1.29, 1.82) is 0 Å². The molecule has 22 heteroatoms. The molecule has 0 aromatic heterocycles. The highest BCUT2D eigenvalue weighted by Gasteiger charge is 2.36. The van der Waals surface area contributed by atoms with E-state index in [0.29, 0.717) is 35.6 Å². The quantitative estimate of drug-likeness (QED) is 0.0279. The van der Waals surface area contributed by atoms with Gasteiger partial charge in [-0.25, -0.2) is 16.8 Å². The van der Waals surface area contributed by atoms with E-state index in [4.69, 9.17) is 37.1 Å². The maximum atomic E-state index is 10.6. The van der Waals surface area contributed by atoms with Crippen LogP contribution in [0.1, 0.15) is 22.8 Å². The van der Waals surface area contributed by atoms with E-state index in [1.807, 2.05) is 0 Å². The topological polar surface area (TPSA) is 331 Å². The SMILES string of the molecule is C[N+](C)=C(N)N.C[N+](C)=C(N)N.O=S(=O)([O-])O/C=C/c1ccc(OC2Oc3ccc(/C=C/OS(=O)(=O)[O-])cc3OC2c2ccc(O)c(O)c2)c(O)c1. The van der Waals surface area contributed by atoms with Gasteiger partial charge in [-0.2, -0.15) is 0 Å². The highest BCUT2D eigenvalue weighted by molar-refractivity contribution is 7.81. The van der Waals surface area contributed by atoms with Gasteiger partial charge in [0.25, 0.3) is 27.1 Å². The third-order valence-electron chi connectivity index (χ3n) is 6.17. The van der Waals surface area contributed by atoms with Gasteiger partial charge in [-0.05, 0) is 59.7 Å². The van der Waals surface area contributed by atoms with Crippen LogP contribution in [0.5, 0.6) is 34.5 Å². The maximum Gasteiger partial charge on any atom is 0.340 e. The third kappa shape index (κ3) is 14.4. The predicted octanol–water partition coefficient (Wildman–Crippen LogP) is -0.320. The second-order valence-electron chi connectivity index (χ2n) is 10.6. The smallest absolute Gasteiger partial charge is 0.340 e. The van der Waals surface area contributed by atoms with Crippen LogP contribution in [-0.2, 0) is 29.2 Å². The fourth-order valence-corrected chi connectivity index (χ4v) is 3.82. The van der Waals surface area contributed by atoms with Gasteiger partial charge in [0.1, 0.15) is 12.5 Å². The molecule has 20 nitrogen and oxygen atoms in total. The fourth-order valence-electron chi connectivity index (χ4n) is 3.44. The number of benzene rings is 3. The summed E-state index contributed by atoms with van der Waals surface area (Å²) in [5, 5.41) is 30.2. The zero-order valence-corrected chi connectivity index (χ0v) is 29.6. The molecule has 0 aliphatic carbocycles. The number of nitrogens with two attached hydrogens (primary N) is 4. The van der Waals surface area contributed by atoms with Crippen molar-refractivity contribution >= 4 is 44.9 Å². The molecule has 11 N–H and O–H groups in total. The Labute approximate surface area is 299 Å². The summed E-state index contributed by atoms with van der Waals surface area (Å²) in [6.07, 6.45) is 1.26. The maximum absolute atomic E-state index is 10.6. The Hall–Kier alpha value is -6.10. The molecule has 0 amide bonds. The number of fused-ring (bicyclic) bond motifs is 1. The van der Waals surface area contributed by atoms with E-state index in [0.717, 1.165) is 6.08 Å². The van der Waals surface area contributed by atoms with Gasteiger partial charge in [0.05, 0.1) is 28.2 Å². The minimum Gasteiger partial charge on any atom is -0.716 e. The molecule has 0 saturated heterocycles. The van der Waals surface area contributed by atoms with Crippen molar-refractivity contribution in [3.63, 3.8) is 0 Å². The van der Waals surface area contributed by atoms with Gasteiger partial charge in [-0.1, -0.05) is 18.2 Å². The Morgan fingerprint density at radius 2 is 1.19 bits per heavy atom. The molecule has 52 heavy (non-hydrogen) atoms. The Balaban J connectivity index is 0.000000671. The molecular formula is C30H38N6O14S2. The summed E-state index contributed by atoms with van der Waals surface area (Å²) >= 11 is 0. The van der Waals surface area contributed by atoms with Gasteiger partial charge in [-0.15, -0.1) is 0 Å². The number of ether oxygens (including phenoxy) is 3. The van der Waals surface area contributed by atoms with Crippen LogP contribution in [0.3, 0.4) is 0 Å². The van der Waals surface area contributed by atoms with Crippen LogP contribution < -0.4 is 37.1 Å². The van der Waals surface area contributed by atoms with Gasteiger partial charge in [0, 0.05) is 5.56 Å². The van der Waals surface area contributed by atoms with Crippen LogP contribution >= 0.6 is 0 Å². The molecule has 3 aromatic rings. The Morgan fingerprint density at radius 3 is 1.65 bits per heavy atom. The van der Waals surface area contributed by atoms with Crippen molar-refractivity contribution in [3.8, 4) is 34.5 Å². The zero-order chi connectivity index (χ0) is 39.4. The van der Waals surface area contributed by atoms with Crippen molar-refractivity contribution in [2.24, 2.45) is 22.9 Å². The lowest BCUT2D eigenvalue weighted by Gasteiger charge is -2.34. The van der Waals surface area contributed by atoms with Crippen molar-refractivity contribution in [2.75, 3.05) is 28.2 Å². The number of hydrogen-bond acceptors (Lipinski definition) is 14. The predicted molar refractivity (Wildman–Crippen MR) is 183 cm³/mol. The molecule has 1 aliphatic heterocycles. The molecule has 0 saturated carbocycles. The van der Waals surface area contributed by atoms with E-state index >= 15 is 0 Å². The van der Waals surface area contributed by atoms with Gasteiger partial charge in [-0.3, -0.25) is 32.1 Å². The number of phenolic OH excluding ortho intramolecular Hbond substituents is 3. The van der Waals surface area contributed by atoms with Crippen LogP contribution in [-0.4, -0.2) is 96.8 Å². The lowest BCUT2D eigenvalue weighted by molar-refractivity contribution is -0.466. The molecule has 0 bridgehead atoms. The highest BCUT2D eigenvalue weighted by Crippen LogP contribution is 2.43. The normalized spacial score (nSPS) is 15.0. The monoisotopic (exact) mass is 770 g/mol. The van der Waals surface area contributed by atoms with Crippen LogP contribution in [0.15, 0.2) is 67.1 Å². The van der Waals surface area contributed by atoms with Crippen LogP contribution in [0.25, 0.3) is 12.2 Å². The summed E-state index contributed by atoms with van der Waals surface area (Å²) < 4.78 is 92.7. The number of rotatable bonds is 9. The minimum atomic E-state index is -4.94. The molecule has 284 valence electrons. The Kier molecular flexibility index (Phi) is 14.7. The van der Waals surface area contributed by atoms with Gasteiger partial charge in [0.2, 0.25) is 0 Å². The van der Waals surface area contributed by atoms with Crippen LogP contribution in [0.4, 0.5) is 0 Å². The largest absolute Gasteiger partial charge is 0.716 e. The van der Waals surface area contributed by atoms with E-state index in [1.165, 1.54) is 60.7 Å². The lowest BCUT2D eigenvalue weighted by Crippen LogP contribution is -2.37. The summed E-state index contributed by atoms with van der Waals surface area (Å²) in [5.74, 6) is -0.326. The molecule has 0 spiro atoms. The Bertz CT molecular complexity index is 2010. The van der Waals surface area contributed by atoms with Crippen molar-refractivity contribution in [1.82, 2.24) is 0 Å².